The maximum Gasteiger partial charge on any atom is 0.328 e. The van der Waals surface area contributed by atoms with E-state index in [0.29, 0.717) is 45.6 Å². The Kier molecular flexibility index (Phi) is 6.89. The summed E-state index contributed by atoms with van der Waals surface area (Å²) in [7, 11) is 3.31. The summed E-state index contributed by atoms with van der Waals surface area (Å²) in [5, 5.41) is 15.3. The highest BCUT2D eigenvalue weighted by molar-refractivity contribution is 9.10. The molecule has 4 aromatic rings. The first-order chi connectivity index (χ1) is 17.1. The molecule has 4 rings (SSSR count). The monoisotopic (exact) mass is 549 g/mol. The number of aryl methyl sites for hydroxylation is 2. The molecule has 1 N–H and O–H groups in total. The summed E-state index contributed by atoms with van der Waals surface area (Å²) in [5.74, 6) is -0.215. The maximum atomic E-state index is 13.4. The fourth-order valence-electron chi connectivity index (χ4n) is 4.10. The topological polar surface area (TPSA) is 110 Å². The van der Waals surface area contributed by atoms with Crippen molar-refractivity contribution in [3.05, 3.63) is 97.4 Å². The molecule has 0 atom stereocenters. The lowest BCUT2D eigenvalue weighted by Gasteiger charge is -2.11. The Bertz CT molecular complexity index is 1510. The van der Waals surface area contributed by atoms with Crippen molar-refractivity contribution in [1.29, 1.82) is 0 Å². The van der Waals surface area contributed by atoms with Gasteiger partial charge in [-0.1, -0.05) is 46.3 Å². The minimum absolute atomic E-state index is 0.0540. The van der Waals surface area contributed by atoms with Crippen LogP contribution in [0.25, 0.3) is 10.9 Å². The van der Waals surface area contributed by atoms with Crippen molar-refractivity contribution >= 4 is 50.0 Å². The van der Waals surface area contributed by atoms with E-state index in [4.69, 9.17) is 0 Å². The lowest BCUT2D eigenvalue weighted by Crippen LogP contribution is -2.26. The van der Waals surface area contributed by atoms with Crippen LogP contribution < -0.4 is 5.32 Å². The average Bonchev–Trinajstić information content (AvgIpc) is 3.22. The van der Waals surface area contributed by atoms with E-state index in [1.807, 2.05) is 12.1 Å². The van der Waals surface area contributed by atoms with Gasteiger partial charge in [0.15, 0.2) is 5.78 Å². The molecule has 36 heavy (non-hydrogen) atoms. The molecule has 0 spiro atoms. The largest absolute Gasteiger partial charge is 0.375 e. The van der Waals surface area contributed by atoms with Gasteiger partial charge in [0.2, 0.25) is 0 Å². The smallest absolute Gasteiger partial charge is 0.328 e. The molecule has 0 bridgehead atoms. The molecule has 0 saturated carbocycles. The first-order valence-corrected chi connectivity index (χ1v) is 11.9. The number of carbonyl (C=O) groups is 2. The van der Waals surface area contributed by atoms with Gasteiger partial charge in [0.1, 0.15) is 11.4 Å². The second kappa shape index (κ2) is 9.90. The maximum absolute atomic E-state index is 13.4. The van der Waals surface area contributed by atoms with Crippen molar-refractivity contribution < 1.29 is 14.5 Å². The van der Waals surface area contributed by atoms with Gasteiger partial charge in [-0.05, 0) is 37.6 Å². The van der Waals surface area contributed by atoms with Crippen molar-refractivity contribution in [1.82, 2.24) is 14.5 Å². The summed E-state index contributed by atoms with van der Waals surface area (Å²) >= 11 is 3.52. The van der Waals surface area contributed by atoms with Gasteiger partial charge in [-0.25, -0.2) is 4.79 Å². The summed E-state index contributed by atoms with van der Waals surface area (Å²) in [5.41, 5.74) is 3.73. The predicted octanol–water partition coefficient (Wildman–Crippen LogP) is 5.70. The van der Waals surface area contributed by atoms with E-state index in [9.17, 15) is 19.7 Å². The Morgan fingerprint density at radius 3 is 2.47 bits per heavy atom. The number of amides is 1. The highest BCUT2D eigenvalue weighted by atomic mass is 79.9. The second-order valence-electron chi connectivity index (χ2n) is 8.61. The van der Waals surface area contributed by atoms with E-state index in [-0.39, 0.29) is 17.5 Å². The molecule has 0 unspecified atom stereocenters. The van der Waals surface area contributed by atoms with Gasteiger partial charge in [0.25, 0.3) is 0 Å². The predicted molar refractivity (Wildman–Crippen MR) is 142 cm³/mol. The summed E-state index contributed by atoms with van der Waals surface area (Å²) in [6.07, 6.45) is 1.57. The molecule has 2 aromatic heterocycles. The van der Waals surface area contributed by atoms with Crippen molar-refractivity contribution in [2.24, 2.45) is 0 Å². The van der Waals surface area contributed by atoms with E-state index >= 15 is 0 Å². The van der Waals surface area contributed by atoms with Crippen LogP contribution in [0.1, 0.15) is 32.9 Å². The molecule has 10 heteroatoms. The Labute approximate surface area is 216 Å². The van der Waals surface area contributed by atoms with Gasteiger partial charge in [-0.15, -0.1) is 0 Å². The summed E-state index contributed by atoms with van der Waals surface area (Å²) in [6.45, 7) is 3.72. The molecule has 2 heterocycles. The molecular weight excluding hydrogens is 526 g/mol. The van der Waals surface area contributed by atoms with E-state index in [0.717, 1.165) is 10.0 Å². The van der Waals surface area contributed by atoms with Gasteiger partial charge < -0.3 is 10.2 Å². The minimum atomic E-state index is -0.443. The fourth-order valence-corrected chi connectivity index (χ4v) is 4.67. The van der Waals surface area contributed by atoms with Gasteiger partial charge in [0, 0.05) is 53.5 Å². The van der Waals surface area contributed by atoms with Gasteiger partial charge in [-0.3, -0.25) is 24.5 Å². The number of nitrogens with one attached hydrogen (secondary N) is 1. The van der Waals surface area contributed by atoms with Crippen LogP contribution in [0, 0.1) is 24.0 Å². The number of hydrogen-bond acceptors (Lipinski definition) is 6. The first-order valence-electron chi connectivity index (χ1n) is 11.1. The number of fused-ring (bicyclic) bond motifs is 1. The average molecular weight is 550 g/mol. The van der Waals surface area contributed by atoms with Crippen LogP contribution >= 0.6 is 15.9 Å². The van der Waals surface area contributed by atoms with Crippen LogP contribution in [0.15, 0.2) is 59.2 Å². The molecule has 0 fully saturated rings. The highest BCUT2D eigenvalue weighted by Crippen LogP contribution is 2.31. The van der Waals surface area contributed by atoms with Gasteiger partial charge >= 0.3 is 11.7 Å². The van der Waals surface area contributed by atoms with E-state index < -0.39 is 4.92 Å². The lowest BCUT2D eigenvalue weighted by atomic mass is 10.0. The van der Waals surface area contributed by atoms with Crippen LogP contribution in [0.2, 0.25) is 0 Å². The third-order valence-corrected chi connectivity index (χ3v) is 6.45. The summed E-state index contributed by atoms with van der Waals surface area (Å²) in [4.78, 5) is 42.8. The van der Waals surface area contributed by atoms with Crippen molar-refractivity contribution in [3.8, 4) is 0 Å². The number of nitro groups is 1. The minimum Gasteiger partial charge on any atom is -0.375 e. The zero-order chi connectivity index (χ0) is 26.1. The normalized spacial score (nSPS) is 10.9. The highest BCUT2D eigenvalue weighted by Gasteiger charge is 2.22. The Balaban J connectivity index is 1.61. The molecular formula is C26H24BrN5O4. The fraction of sp³-hybridized carbons (Fsp3) is 0.192. The molecule has 9 nitrogen and oxygen atoms in total. The van der Waals surface area contributed by atoms with Crippen LogP contribution in [0.3, 0.4) is 0 Å². The third-order valence-electron chi connectivity index (χ3n) is 5.79. The Morgan fingerprint density at radius 2 is 1.83 bits per heavy atom. The molecule has 0 aliphatic carbocycles. The molecule has 0 radical (unpaired) electrons. The number of halogens is 1. The quantitative estimate of drug-likeness (QED) is 0.188. The molecule has 2 aromatic carbocycles. The van der Waals surface area contributed by atoms with Crippen molar-refractivity contribution in [2.45, 2.75) is 20.4 Å². The van der Waals surface area contributed by atoms with Crippen LogP contribution in [-0.4, -0.2) is 45.3 Å². The van der Waals surface area contributed by atoms with Gasteiger partial charge in [0.05, 0.1) is 10.4 Å². The number of ketones is 1. The Morgan fingerprint density at radius 1 is 1.14 bits per heavy atom. The summed E-state index contributed by atoms with van der Waals surface area (Å²) < 4.78 is 2.19. The SMILES string of the molecule is Cc1cc(NCc2ccc(C(=O)c3cn(C(=O)N(C)C)c4cccc(Br)c34)cc2)c([N+](=O)[O-])c(C)n1. The van der Waals surface area contributed by atoms with E-state index in [1.54, 1.807) is 70.5 Å². The van der Waals surface area contributed by atoms with Crippen molar-refractivity contribution in [3.63, 3.8) is 0 Å². The van der Waals surface area contributed by atoms with Crippen LogP contribution in [0.5, 0.6) is 0 Å². The number of nitrogens with zero attached hydrogens (tertiary/aromatic N) is 4. The zero-order valence-corrected chi connectivity index (χ0v) is 21.8. The molecule has 1 amide bonds. The second-order valence-corrected chi connectivity index (χ2v) is 9.46. The first kappa shape index (κ1) is 25.1. The number of pyridine rings is 1. The van der Waals surface area contributed by atoms with Crippen LogP contribution in [0.4, 0.5) is 16.2 Å². The molecule has 0 saturated heterocycles. The third kappa shape index (κ3) is 4.72. The number of benzene rings is 2. The van der Waals surface area contributed by atoms with Crippen LogP contribution in [-0.2, 0) is 6.54 Å². The number of hydrogen-bond donors (Lipinski definition) is 1. The molecule has 0 aliphatic rings. The van der Waals surface area contributed by atoms with E-state index in [1.165, 1.54) is 9.47 Å². The molecule has 184 valence electrons. The zero-order valence-electron chi connectivity index (χ0n) is 20.2. The van der Waals surface area contributed by atoms with Crippen molar-refractivity contribution in [2.75, 3.05) is 19.4 Å². The number of anilines is 1. The number of rotatable bonds is 6. The molecule has 0 aliphatic heterocycles. The standard InChI is InChI=1S/C26H24BrN5O4/c1-15-12-21(24(32(35)36)16(2)29-15)28-13-17-8-10-18(11-9-17)25(33)19-14-31(26(34)30(3)4)22-7-5-6-20(27)23(19)22/h5-12,14H,13H2,1-4H3,(H,28,29). The number of carbonyl (C=O) groups excluding carboxylic acids is 2. The van der Waals surface area contributed by atoms with E-state index in [2.05, 4.69) is 26.2 Å². The Hall–Kier alpha value is -4.05. The summed E-state index contributed by atoms with van der Waals surface area (Å²) in [6, 6.07) is 13.9. The van der Waals surface area contributed by atoms with Gasteiger partial charge in [-0.2, -0.15) is 0 Å². The lowest BCUT2D eigenvalue weighted by molar-refractivity contribution is -0.384. The number of aromatic nitrogens is 2.